The average molecular weight is 204 g/mol. The normalized spacial score (nSPS) is 10.2. The maximum absolute atomic E-state index is 11.2. The molecule has 0 unspecified atom stereocenters. The van der Waals surface area contributed by atoms with Crippen LogP contribution in [0.1, 0.15) is 10.4 Å². The monoisotopic (exact) mass is 204 g/mol. The standard InChI is InChI=1S/C9H8N4O2/c14-5-8(15)6-2-1-3-7(4-6)9-10-12-13-11-9/h1-4,14H,5H2,(H,10,11,12,13). The van der Waals surface area contributed by atoms with E-state index >= 15 is 0 Å². The molecular weight excluding hydrogens is 196 g/mol. The smallest absolute Gasteiger partial charge is 0.204 e. The first-order valence-electron chi connectivity index (χ1n) is 4.29. The van der Waals surface area contributed by atoms with Crippen molar-refractivity contribution in [1.29, 1.82) is 0 Å². The minimum Gasteiger partial charge on any atom is -0.388 e. The molecule has 0 saturated carbocycles. The van der Waals surface area contributed by atoms with Gasteiger partial charge < -0.3 is 5.11 Å². The molecule has 6 nitrogen and oxygen atoms in total. The summed E-state index contributed by atoms with van der Waals surface area (Å²) < 4.78 is 0. The first-order chi connectivity index (χ1) is 7.31. The molecule has 76 valence electrons. The number of carbonyl (C=O) groups is 1. The van der Waals surface area contributed by atoms with E-state index in [4.69, 9.17) is 5.11 Å². The highest BCUT2D eigenvalue weighted by Gasteiger charge is 2.07. The Hall–Kier alpha value is -2.08. The molecule has 0 aliphatic heterocycles. The van der Waals surface area contributed by atoms with Crippen LogP contribution in [0.25, 0.3) is 11.4 Å². The highest BCUT2D eigenvalue weighted by molar-refractivity contribution is 5.97. The van der Waals surface area contributed by atoms with Crippen LogP contribution in [0.2, 0.25) is 0 Å². The fraction of sp³-hybridized carbons (Fsp3) is 0.111. The van der Waals surface area contributed by atoms with E-state index in [0.717, 1.165) is 0 Å². The van der Waals surface area contributed by atoms with Crippen molar-refractivity contribution in [3.63, 3.8) is 0 Å². The Kier molecular flexibility index (Phi) is 2.51. The molecule has 2 aromatic rings. The van der Waals surface area contributed by atoms with E-state index in [9.17, 15) is 4.79 Å². The number of hydrogen-bond acceptors (Lipinski definition) is 5. The molecule has 0 amide bonds. The number of nitrogens with one attached hydrogen (secondary N) is 1. The number of hydrogen-bond donors (Lipinski definition) is 2. The lowest BCUT2D eigenvalue weighted by Gasteiger charge is -1.99. The van der Waals surface area contributed by atoms with Crippen LogP contribution in [0, 0.1) is 0 Å². The topological polar surface area (TPSA) is 91.8 Å². The lowest BCUT2D eigenvalue weighted by Crippen LogP contribution is -2.04. The number of aromatic nitrogens is 4. The number of aliphatic hydroxyl groups is 1. The summed E-state index contributed by atoms with van der Waals surface area (Å²) in [7, 11) is 0. The lowest BCUT2D eigenvalue weighted by atomic mass is 10.1. The fourth-order valence-corrected chi connectivity index (χ4v) is 1.21. The SMILES string of the molecule is O=C(CO)c1cccc(-c2nn[nH]n2)c1. The highest BCUT2D eigenvalue weighted by atomic mass is 16.3. The fourth-order valence-electron chi connectivity index (χ4n) is 1.21. The number of aliphatic hydroxyl groups excluding tert-OH is 1. The van der Waals surface area contributed by atoms with Crippen molar-refractivity contribution in [1.82, 2.24) is 20.6 Å². The van der Waals surface area contributed by atoms with Gasteiger partial charge in [-0.15, -0.1) is 10.2 Å². The van der Waals surface area contributed by atoms with Crippen molar-refractivity contribution < 1.29 is 9.90 Å². The van der Waals surface area contributed by atoms with E-state index in [1.54, 1.807) is 24.3 Å². The van der Waals surface area contributed by atoms with Gasteiger partial charge >= 0.3 is 0 Å². The van der Waals surface area contributed by atoms with E-state index in [0.29, 0.717) is 17.0 Å². The Labute approximate surface area is 84.9 Å². The van der Waals surface area contributed by atoms with E-state index in [2.05, 4.69) is 20.6 Å². The van der Waals surface area contributed by atoms with E-state index in [-0.39, 0.29) is 5.78 Å². The number of aromatic amines is 1. The van der Waals surface area contributed by atoms with Gasteiger partial charge in [0, 0.05) is 11.1 Å². The third kappa shape index (κ3) is 1.89. The Balaban J connectivity index is 2.39. The molecule has 15 heavy (non-hydrogen) atoms. The number of H-pyrrole nitrogens is 1. The summed E-state index contributed by atoms with van der Waals surface area (Å²) in [4.78, 5) is 11.2. The second kappa shape index (κ2) is 3.97. The number of tetrazole rings is 1. The van der Waals surface area contributed by atoms with Gasteiger partial charge in [0.15, 0.2) is 5.78 Å². The zero-order valence-electron chi connectivity index (χ0n) is 7.71. The van der Waals surface area contributed by atoms with Crippen LogP contribution in [0.3, 0.4) is 0 Å². The number of nitrogens with zero attached hydrogens (tertiary/aromatic N) is 3. The number of carbonyl (C=O) groups excluding carboxylic acids is 1. The summed E-state index contributed by atoms with van der Waals surface area (Å²) >= 11 is 0. The van der Waals surface area contributed by atoms with E-state index in [1.807, 2.05) is 0 Å². The van der Waals surface area contributed by atoms with Crippen molar-refractivity contribution in [2.75, 3.05) is 6.61 Å². The quantitative estimate of drug-likeness (QED) is 0.689. The Morgan fingerprint density at radius 1 is 1.47 bits per heavy atom. The third-order valence-electron chi connectivity index (χ3n) is 1.93. The van der Waals surface area contributed by atoms with Crippen molar-refractivity contribution in [2.45, 2.75) is 0 Å². The first kappa shape index (κ1) is 9.47. The van der Waals surface area contributed by atoms with Gasteiger partial charge in [0.05, 0.1) is 0 Å². The van der Waals surface area contributed by atoms with Crippen molar-refractivity contribution in [3.8, 4) is 11.4 Å². The zero-order chi connectivity index (χ0) is 10.7. The minimum atomic E-state index is -0.504. The summed E-state index contributed by atoms with van der Waals surface area (Å²) in [5, 5.41) is 22.0. The number of rotatable bonds is 3. The van der Waals surface area contributed by atoms with Crippen molar-refractivity contribution in [3.05, 3.63) is 29.8 Å². The molecule has 2 rings (SSSR count). The maximum Gasteiger partial charge on any atom is 0.204 e. The van der Waals surface area contributed by atoms with Gasteiger partial charge in [-0.05, 0) is 11.3 Å². The predicted molar refractivity (Wildman–Crippen MR) is 51.0 cm³/mol. The maximum atomic E-state index is 11.2. The molecule has 1 aromatic carbocycles. The molecule has 6 heteroatoms. The molecule has 0 bridgehead atoms. The Bertz CT molecular complexity index is 467. The summed E-state index contributed by atoms with van der Waals surface area (Å²) in [6, 6.07) is 6.71. The molecule has 0 radical (unpaired) electrons. The molecule has 0 saturated heterocycles. The van der Waals surface area contributed by atoms with Crippen LogP contribution < -0.4 is 0 Å². The number of benzene rings is 1. The van der Waals surface area contributed by atoms with Gasteiger partial charge in [-0.2, -0.15) is 5.21 Å². The second-order valence-corrected chi connectivity index (χ2v) is 2.90. The van der Waals surface area contributed by atoms with Crippen LogP contribution >= 0.6 is 0 Å². The molecule has 0 fully saturated rings. The van der Waals surface area contributed by atoms with Gasteiger partial charge in [0.2, 0.25) is 5.82 Å². The van der Waals surface area contributed by atoms with Crippen LogP contribution in [0.5, 0.6) is 0 Å². The van der Waals surface area contributed by atoms with Crippen LogP contribution in [0.4, 0.5) is 0 Å². The molecule has 1 aromatic heterocycles. The molecule has 0 atom stereocenters. The average Bonchev–Trinajstić information content (AvgIpc) is 2.82. The Morgan fingerprint density at radius 3 is 3.00 bits per heavy atom. The van der Waals surface area contributed by atoms with Gasteiger partial charge in [0.1, 0.15) is 6.61 Å². The number of Topliss-reactive ketones (excluding diaryl/α,β-unsaturated/α-hetero) is 1. The van der Waals surface area contributed by atoms with Gasteiger partial charge in [0.25, 0.3) is 0 Å². The third-order valence-corrected chi connectivity index (χ3v) is 1.93. The Morgan fingerprint density at radius 2 is 2.33 bits per heavy atom. The summed E-state index contributed by atoms with van der Waals surface area (Å²) in [5.41, 5.74) is 1.11. The van der Waals surface area contributed by atoms with E-state index < -0.39 is 6.61 Å². The van der Waals surface area contributed by atoms with Crippen LogP contribution in [-0.4, -0.2) is 38.1 Å². The van der Waals surface area contributed by atoms with Gasteiger partial charge in [-0.3, -0.25) is 4.79 Å². The van der Waals surface area contributed by atoms with Crippen molar-refractivity contribution in [2.24, 2.45) is 0 Å². The molecule has 2 N–H and O–H groups in total. The molecule has 0 spiro atoms. The van der Waals surface area contributed by atoms with Crippen LogP contribution in [-0.2, 0) is 0 Å². The number of ketones is 1. The predicted octanol–water partition coefficient (Wildman–Crippen LogP) is 0.0417. The summed E-state index contributed by atoms with van der Waals surface area (Å²) in [6.45, 7) is -0.504. The summed E-state index contributed by atoms with van der Waals surface area (Å²) in [5.74, 6) is 0.0861. The highest BCUT2D eigenvalue weighted by Crippen LogP contribution is 2.14. The molecular formula is C9H8N4O2. The summed E-state index contributed by atoms with van der Waals surface area (Å²) in [6.07, 6.45) is 0. The van der Waals surface area contributed by atoms with Crippen LogP contribution in [0.15, 0.2) is 24.3 Å². The van der Waals surface area contributed by atoms with Gasteiger partial charge in [-0.1, -0.05) is 18.2 Å². The van der Waals surface area contributed by atoms with Gasteiger partial charge in [-0.25, -0.2) is 0 Å². The molecule has 0 aliphatic carbocycles. The molecule has 1 heterocycles. The molecule has 0 aliphatic rings. The first-order valence-corrected chi connectivity index (χ1v) is 4.29. The lowest BCUT2D eigenvalue weighted by molar-refractivity contribution is 0.0904. The van der Waals surface area contributed by atoms with Crippen molar-refractivity contribution >= 4 is 5.78 Å². The zero-order valence-corrected chi connectivity index (χ0v) is 7.71. The van der Waals surface area contributed by atoms with E-state index in [1.165, 1.54) is 0 Å². The largest absolute Gasteiger partial charge is 0.388 e. The minimum absolute atomic E-state index is 0.333. The second-order valence-electron chi connectivity index (χ2n) is 2.90.